The third-order valence-electron chi connectivity index (χ3n) is 2.64. The molecular weight excluding hydrogens is 218 g/mol. The van der Waals surface area contributed by atoms with E-state index in [1.807, 2.05) is 32.6 Å². The lowest BCUT2D eigenvalue weighted by atomic mass is 10.2. The van der Waals surface area contributed by atoms with Gasteiger partial charge in [-0.3, -0.25) is 9.69 Å². The van der Waals surface area contributed by atoms with Crippen LogP contribution in [0.2, 0.25) is 0 Å². The molecule has 6 heteroatoms. The van der Waals surface area contributed by atoms with Gasteiger partial charge in [0.15, 0.2) is 0 Å². The molecule has 0 aliphatic heterocycles. The van der Waals surface area contributed by atoms with Gasteiger partial charge in [-0.2, -0.15) is 15.0 Å². The van der Waals surface area contributed by atoms with Crippen molar-refractivity contribution in [2.24, 2.45) is 5.73 Å². The molecule has 0 saturated carbocycles. The second-order valence-corrected chi connectivity index (χ2v) is 4.39. The Bertz CT molecular complexity index is 385. The van der Waals surface area contributed by atoms with Crippen molar-refractivity contribution >= 4 is 5.91 Å². The van der Waals surface area contributed by atoms with E-state index in [1.165, 1.54) is 0 Å². The molecule has 1 aromatic heterocycles. The normalized spacial score (nSPS) is 11.4. The Labute approximate surface area is 102 Å². The highest BCUT2D eigenvalue weighted by atomic mass is 16.1. The van der Waals surface area contributed by atoms with Crippen molar-refractivity contribution < 1.29 is 4.79 Å². The molecule has 0 atom stereocenters. The van der Waals surface area contributed by atoms with Crippen LogP contribution in [-0.4, -0.2) is 38.4 Å². The first kappa shape index (κ1) is 13.6. The van der Waals surface area contributed by atoms with Gasteiger partial charge in [-0.25, -0.2) is 0 Å². The molecule has 17 heavy (non-hydrogen) atoms. The summed E-state index contributed by atoms with van der Waals surface area (Å²) in [5.41, 5.74) is 7.04. The van der Waals surface area contributed by atoms with E-state index in [-0.39, 0.29) is 18.5 Å². The first-order chi connectivity index (χ1) is 7.93. The number of aromatic nitrogens is 3. The van der Waals surface area contributed by atoms with E-state index >= 15 is 0 Å². The lowest BCUT2D eigenvalue weighted by molar-refractivity contribution is -0.119. The minimum absolute atomic E-state index is 0.244. The highest BCUT2D eigenvalue weighted by Gasteiger charge is 2.16. The Morgan fingerprint density at radius 3 is 2.53 bits per heavy atom. The number of primary amides is 1. The van der Waals surface area contributed by atoms with Gasteiger partial charge in [0.2, 0.25) is 5.91 Å². The fourth-order valence-electron chi connectivity index (χ4n) is 1.57. The first-order valence-corrected chi connectivity index (χ1v) is 5.87. The van der Waals surface area contributed by atoms with Gasteiger partial charge in [0.1, 0.15) is 0 Å². The third-order valence-corrected chi connectivity index (χ3v) is 2.64. The number of amides is 1. The maximum atomic E-state index is 11.0. The zero-order chi connectivity index (χ0) is 13.0. The molecule has 0 aliphatic rings. The average Bonchev–Trinajstić information content (AvgIpc) is 2.58. The predicted molar refractivity (Wildman–Crippen MR) is 65.2 cm³/mol. The first-order valence-electron chi connectivity index (χ1n) is 5.87. The summed E-state index contributed by atoms with van der Waals surface area (Å²) >= 11 is 0. The number of hydrogen-bond donors (Lipinski definition) is 1. The van der Waals surface area contributed by atoms with Crippen molar-refractivity contribution in [2.45, 2.75) is 46.8 Å². The standard InChI is InChI=1S/C11H21N5O/c1-5-16-13-9(4)10(14-16)6-15(8(2)3)7-11(12)17/h8H,5-7H2,1-4H3,(H2,12,17). The number of hydrogen-bond acceptors (Lipinski definition) is 4. The van der Waals surface area contributed by atoms with Crippen LogP contribution >= 0.6 is 0 Å². The molecule has 0 aliphatic carbocycles. The quantitative estimate of drug-likeness (QED) is 0.774. The summed E-state index contributed by atoms with van der Waals surface area (Å²) in [6.07, 6.45) is 0. The van der Waals surface area contributed by atoms with Crippen LogP contribution in [0, 0.1) is 6.92 Å². The molecule has 0 fully saturated rings. The Hall–Kier alpha value is -1.43. The number of nitrogens with two attached hydrogens (primary N) is 1. The lowest BCUT2D eigenvalue weighted by Crippen LogP contribution is -2.38. The number of aryl methyl sites for hydroxylation is 2. The zero-order valence-corrected chi connectivity index (χ0v) is 11.0. The van der Waals surface area contributed by atoms with Crippen molar-refractivity contribution in [2.75, 3.05) is 6.54 Å². The Kier molecular flexibility index (Phi) is 4.62. The molecule has 0 radical (unpaired) electrons. The molecule has 1 heterocycles. The molecular formula is C11H21N5O. The number of rotatable bonds is 6. The van der Waals surface area contributed by atoms with Gasteiger partial charge in [0.05, 0.1) is 24.5 Å². The molecule has 6 nitrogen and oxygen atoms in total. The lowest BCUT2D eigenvalue weighted by Gasteiger charge is -2.23. The fraction of sp³-hybridized carbons (Fsp3) is 0.727. The minimum Gasteiger partial charge on any atom is -0.369 e. The van der Waals surface area contributed by atoms with Crippen LogP contribution in [0.5, 0.6) is 0 Å². The van der Waals surface area contributed by atoms with Crippen molar-refractivity contribution in [3.05, 3.63) is 11.4 Å². The molecule has 2 N–H and O–H groups in total. The summed E-state index contributed by atoms with van der Waals surface area (Å²) in [4.78, 5) is 14.6. The van der Waals surface area contributed by atoms with E-state index < -0.39 is 0 Å². The summed E-state index contributed by atoms with van der Waals surface area (Å²) in [5.74, 6) is -0.320. The third kappa shape index (κ3) is 3.81. The van der Waals surface area contributed by atoms with Gasteiger partial charge in [-0.1, -0.05) is 0 Å². The fourth-order valence-corrected chi connectivity index (χ4v) is 1.57. The molecule has 0 aromatic carbocycles. The van der Waals surface area contributed by atoms with Crippen LogP contribution in [0.25, 0.3) is 0 Å². The smallest absolute Gasteiger partial charge is 0.231 e. The Morgan fingerprint density at radius 1 is 1.47 bits per heavy atom. The van der Waals surface area contributed by atoms with E-state index in [9.17, 15) is 4.79 Å². The van der Waals surface area contributed by atoms with Gasteiger partial charge >= 0.3 is 0 Å². The van der Waals surface area contributed by atoms with E-state index in [4.69, 9.17) is 5.73 Å². The summed E-state index contributed by atoms with van der Waals surface area (Å²) in [7, 11) is 0. The monoisotopic (exact) mass is 239 g/mol. The number of nitrogens with zero attached hydrogens (tertiary/aromatic N) is 4. The second-order valence-electron chi connectivity index (χ2n) is 4.39. The van der Waals surface area contributed by atoms with Crippen LogP contribution < -0.4 is 5.73 Å². The number of carbonyl (C=O) groups is 1. The molecule has 1 amide bonds. The topological polar surface area (TPSA) is 77.0 Å². The van der Waals surface area contributed by atoms with E-state index in [0.717, 1.165) is 17.9 Å². The maximum Gasteiger partial charge on any atom is 0.231 e. The van der Waals surface area contributed by atoms with E-state index in [2.05, 4.69) is 10.2 Å². The van der Waals surface area contributed by atoms with Crippen molar-refractivity contribution in [1.29, 1.82) is 0 Å². The maximum absolute atomic E-state index is 11.0. The summed E-state index contributed by atoms with van der Waals surface area (Å²) in [6.45, 7) is 9.58. The number of carbonyl (C=O) groups excluding carboxylic acids is 1. The second kappa shape index (κ2) is 5.77. The van der Waals surface area contributed by atoms with E-state index in [0.29, 0.717) is 6.54 Å². The Morgan fingerprint density at radius 2 is 2.12 bits per heavy atom. The molecule has 0 unspecified atom stereocenters. The van der Waals surface area contributed by atoms with Crippen LogP contribution in [0.3, 0.4) is 0 Å². The molecule has 0 bridgehead atoms. The molecule has 1 rings (SSSR count). The van der Waals surface area contributed by atoms with Gasteiger partial charge in [0, 0.05) is 12.6 Å². The minimum atomic E-state index is -0.320. The SMILES string of the molecule is CCn1nc(C)c(CN(CC(N)=O)C(C)C)n1. The molecule has 0 spiro atoms. The largest absolute Gasteiger partial charge is 0.369 e. The Balaban J connectivity index is 2.78. The molecule has 96 valence electrons. The van der Waals surface area contributed by atoms with Crippen LogP contribution in [0.4, 0.5) is 0 Å². The van der Waals surface area contributed by atoms with Crippen molar-refractivity contribution in [3.63, 3.8) is 0 Å². The van der Waals surface area contributed by atoms with Crippen molar-refractivity contribution in [3.8, 4) is 0 Å². The van der Waals surface area contributed by atoms with Crippen molar-refractivity contribution in [1.82, 2.24) is 19.9 Å². The molecule has 1 aromatic rings. The predicted octanol–water partition coefficient (Wildman–Crippen LogP) is 0.302. The van der Waals surface area contributed by atoms with Crippen LogP contribution in [-0.2, 0) is 17.9 Å². The van der Waals surface area contributed by atoms with Gasteiger partial charge in [-0.15, -0.1) is 0 Å². The van der Waals surface area contributed by atoms with Gasteiger partial charge in [0.25, 0.3) is 0 Å². The van der Waals surface area contributed by atoms with Gasteiger partial charge < -0.3 is 5.73 Å². The van der Waals surface area contributed by atoms with Crippen LogP contribution in [0.1, 0.15) is 32.2 Å². The summed E-state index contributed by atoms with van der Waals surface area (Å²) < 4.78 is 0. The average molecular weight is 239 g/mol. The highest BCUT2D eigenvalue weighted by Crippen LogP contribution is 2.08. The highest BCUT2D eigenvalue weighted by molar-refractivity contribution is 5.75. The summed E-state index contributed by atoms with van der Waals surface area (Å²) in [6, 6.07) is 0.244. The zero-order valence-electron chi connectivity index (χ0n) is 11.0. The van der Waals surface area contributed by atoms with Gasteiger partial charge in [-0.05, 0) is 27.7 Å². The van der Waals surface area contributed by atoms with E-state index in [1.54, 1.807) is 4.80 Å². The summed E-state index contributed by atoms with van der Waals surface area (Å²) in [5, 5.41) is 8.65. The van der Waals surface area contributed by atoms with Crippen LogP contribution in [0.15, 0.2) is 0 Å². The molecule has 0 saturated heterocycles.